The van der Waals surface area contributed by atoms with Crippen molar-refractivity contribution in [2.24, 2.45) is 4.99 Å². The molecule has 1 saturated heterocycles. The van der Waals surface area contributed by atoms with E-state index in [1.54, 1.807) is 5.01 Å². The van der Waals surface area contributed by atoms with Crippen molar-refractivity contribution >= 4 is 28.5 Å². The summed E-state index contributed by atoms with van der Waals surface area (Å²) in [6, 6.07) is 19.6. The Morgan fingerprint density at radius 3 is 2.43 bits per heavy atom. The first-order valence-electron chi connectivity index (χ1n) is 6.70. The maximum atomic E-state index is 12.0. The van der Waals surface area contributed by atoms with Crippen molar-refractivity contribution in [1.82, 2.24) is 10.4 Å². The van der Waals surface area contributed by atoms with E-state index in [0.29, 0.717) is 17.5 Å². The molecule has 1 aliphatic heterocycles. The van der Waals surface area contributed by atoms with E-state index in [4.69, 9.17) is 0 Å². The second kappa shape index (κ2) is 6.56. The van der Waals surface area contributed by atoms with Gasteiger partial charge in [0.2, 0.25) is 0 Å². The Kier molecular flexibility index (Phi) is 4.33. The maximum absolute atomic E-state index is 12.0. The van der Waals surface area contributed by atoms with E-state index in [9.17, 15) is 4.79 Å². The number of carbonyl (C=O) groups is 1. The van der Waals surface area contributed by atoms with Gasteiger partial charge < -0.3 is 0 Å². The van der Waals surface area contributed by atoms with Crippen LogP contribution in [0, 0.1) is 0 Å². The Hall–Kier alpha value is -2.11. The van der Waals surface area contributed by atoms with E-state index in [1.165, 1.54) is 11.8 Å². The number of benzene rings is 2. The highest BCUT2D eigenvalue weighted by molar-refractivity contribution is 8.15. The number of nitrogens with one attached hydrogen (secondary N) is 1. The summed E-state index contributed by atoms with van der Waals surface area (Å²) < 4.78 is 0. The largest absolute Gasteiger partial charge is 0.272 e. The van der Waals surface area contributed by atoms with E-state index in [1.807, 2.05) is 60.7 Å². The number of amides is 1. The van der Waals surface area contributed by atoms with Gasteiger partial charge in [-0.3, -0.25) is 4.79 Å². The smallest absolute Gasteiger partial charge is 0.253 e. The SMILES string of the molecule is O=C1CSC(=Nc2ccccc2)N1NCc1ccccc1. The molecular weight excluding hydrogens is 282 g/mol. The molecule has 106 valence electrons. The number of hydrogen-bond donors (Lipinski definition) is 1. The van der Waals surface area contributed by atoms with Crippen LogP contribution < -0.4 is 5.43 Å². The first-order chi connectivity index (χ1) is 10.3. The predicted octanol–water partition coefficient (Wildman–Crippen LogP) is 2.95. The van der Waals surface area contributed by atoms with Crippen molar-refractivity contribution in [3.63, 3.8) is 0 Å². The highest BCUT2D eigenvalue weighted by Gasteiger charge is 2.28. The molecule has 0 unspecified atom stereocenters. The number of para-hydroxylation sites is 1. The van der Waals surface area contributed by atoms with Gasteiger partial charge in [-0.05, 0) is 17.7 Å². The van der Waals surface area contributed by atoms with Crippen LogP contribution in [0.2, 0.25) is 0 Å². The number of hydrazine groups is 1. The van der Waals surface area contributed by atoms with Crippen LogP contribution in [0.5, 0.6) is 0 Å². The number of carbonyl (C=O) groups excluding carboxylic acids is 1. The lowest BCUT2D eigenvalue weighted by atomic mass is 10.2. The molecule has 5 heteroatoms. The van der Waals surface area contributed by atoms with E-state index >= 15 is 0 Å². The van der Waals surface area contributed by atoms with Crippen molar-refractivity contribution in [2.75, 3.05) is 5.75 Å². The Morgan fingerprint density at radius 1 is 1.05 bits per heavy atom. The molecule has 0 atom stereocenters. The number of nitrogens with zero attached hydrogens (tertiary/aromatic N) is 2. The van der Waals surface area contributed by atoms with Gasteiger partial charge in [0.1, 0.15) is 0 Å². The number of rotatable bonds is 4. The number of thioether (sulfide) groups is 1. The van der Waals surface area contributed by atoms with Crippen LogP contribution in [0.4, 0.5) is 5.69 Å². The third-order valence-corrected chi connectivity index (χ3v) is 3.95. The maximum Gasteiger partial charge on any atom is 0.253 e. The zero-order valence-electron chi connectivity index (χ0n) is 11.4. The molecule has 1 fully saturated rings. The van der Waals surface area contributed by atoms with Crippen molar-refractivity contribution in [1.29, 1.82) is 0 Å². The number of amidine groups is 1. The summed E-state index contributed by atoms with van der Waals surface area (Å²) in [7, 11) is 0. The molecular formula is C16H15N3OS. The fourth-order valence-electron chi connectivity index (χ4n) is 1.98. The van der Waals surface area contributed by atoms with Crippen LogP contribution in [0.3, 0.4) is 0 Å². The van der Waals surface area contributed by atoms with Gasteiger partial charge in [-0.15, -0.1) is 0 Å². The van der Waals surface area contributed by atoms with E-state index in [0.717, 1.165) is 11.3 Å². The van der Waals surface area contributed by atoms with Crippen molar-refractivity contribution in [2.45, 2.75) is 6.54 Å². The quantitative estimate of drug-likeness (QED) is 0.943. The van der Waals surface area contributed by atoms with Crippen LogP contribution in [-0.2, 0) is 11.3 Å². The summed E-state index contributed by atoms with van der Waals surface area (Å²) in [4.78, 5) is 16.5. The zero-order chi connectivity index (χ0) is 14.5. The molecule has 1 N–H and O–H groups in total. The van der Waals surface area contributed by atoms with Gasteiger partial charge in [0, 0.05) is 6.54 Å². The summed E-state index contributed by atoms with van der Waals surface area (Å²) >= 11 is 1.45. The Bertz CT molecular complexity index is 643. The minimum Gasteiger partial charge on any atom is -0.272 e. The Balaban J connectivity index is 1.72. The fraction of sp³-hybridized carbons (Fsp3) is 0.125. The van der Waals surface area contributed by atoms with Gasteiger partial charge in [-0.1, -0.05) is 60.3 Å². The molecule has 4 nitrogen and oxygen atoms in total. The lowest BCUT2D eigenvalue weighted by molar-refractivity contribution is -0.126. The molecule has 0 radical (unpaired) electrons. The molecule has 1 aliphatic rings. The fourth-order valence-corrected chi connectivity index (χ4v) is 2.83. The molecule has 2 aromatic rings. The molecule has 0 bridgehead atoms. The molecule has 0 saturated carbocycles. The van der Waals surface area contributed by atoms with E-state index in [2.05, 4.69) is 10.4 Å². The molecule has 0 aliphatic carbocycles. The van der Waals surface area contributed by atoms with Crippen LogP contribution >= 0.6 is 11.8 Å². The summed E-state index contributed by atoms with van der Waals surface area (Å²) in [6.07, 6.45) is 0. The monoisotopic (exact) mass is 297 g/mol. The average Bonchev–Trinajstić information content (AvgIpc) is 2.87. The standard InChI is InChI=1S/C16H15N3OS/c20-15-12-21-16(18-14-9-5-2-6-10-14)19(15)17-11-13-7-3-1-4-8-13/h1-10,17H,11-12H2. The summed E-state index contributed by atoms with van der Waals surface area (Å²) in [5.74, 6) is 0.457. The minimum atomic E-state index is 0.0330. The van der Waals surface area contributed by atoms with E-state index < -0.39 is 0 Å². The third-order valence-electron chi connectivity index (χ3n) is 3.03. The third kappa shape index (κ3) is 3.51. The highest BCUT2D eigenvalue weighted by atomic mass is 32.2. The lowest BCUT2D eigenvalue weighted by Gasteiger charge is -2.17. The average molecular weight is 297 g/mol. The Morgan fingerprint density at radius 2 is 1.71 bits per heavy atom. The van der Waals surface area contributed by atoms with Gasteiger partial charge >= 0.3 is 0 Å². The van der Waals surface area contributed by atoms with Crippen LogP contribution in [0.25, 0.3) is 0 Å². The topological polar surface area (TPSA) is 44.7 Å². The van der Waals surface area contributed by atoms with Gasteiger partial charge in [0.25, 0.3) is 5.91 Å². The zero-order valence-corrected chi connectivity index (χ0v) is 12.2. The van der Waals surface area contributed by atoms with Crippen LogP contribution in [0.15, 0.2) is 65.7 Å². The van der Waals surface area contributed by atoms with Gasteiger partial charge in [-0.25, -0.2) is 15.4 Å². The molecule has 2 aromatic carbocycles. The summed E-state index contributed by atoms with van der Waals surface area (Å²) in [6.45, 7) is 0.598. The van der Waals surface area contributed by atoms with E-state index in [-0.39, 0.29) is 5.91 Å². The van der Waals surface area contributed by atoms with Crippen molar-refractivity contribution in [3.05, 3.63) is 66.2 Å². The minimum absolute atomic E-state index is 0.0330. The predicted molar refractivity (Wildman–Crippen MR) is 86.1 cm³/mol. The number of hydrogen-bond acceptors (Lipinski definition) is 4. The van der Waals surface area contributed by atoms with Crippen molar-refractivity contribution < 1.29 is 4.79 Å². The van der Waals surface area contributed by atoms with Crippen LogP contribution in [-0.4, -0.2) is 21.8 Å². The highest BCUT2D eigenvalue weighted by Crippen LogP contribution is 2.22. The molecule has 1 amide bonds. The normalized spacial score (nSPS) is 16.7. The first kappa shape index (κ1) is 13.9. The van der Waals surface area contributed by atoms with Gasteiger partial charge in [-0.2, -0.15) is 0 Å². The van der Waals surface area contributed by atoms with Gasteiger partial charge in [0.15, 0.2) is 5.17 Å². The van der Waals surface area contributed by atoms with Crippen molar-refractivity contribution in [3.8, 4) is 0 Å². The summed E-state index contributed by atoms with van der Waals surface area (Å²) in [5.41, 5.74) is 5.12. The first-order valence-corrected chi connectivity index (χ1v) is 7.68. The van der Waals surface area contributed by atoms with Gasteiger partial charge in [0.05, 0.1) is 11.4 Å². The molecule has 1 heterocycles. The molecule has 21 heavy (non-hydrogen) atoms. The second-order valence-corrected chi connectivity index (χ2v) is 5.51. The van der Waals surface area contributed by atoms with Crippen LogP contribution in [0.1, 0.15) is 5.56 Å². The second-order valence-electron chi connectivity index (χ2n) is 4.57. The summed E-state index contributed by atoms with van der Waals surface area (Å²) in [5, 5.41) is 2.24. The molecule has 0 aromatic heterocycles. The number of aliphatic imine (C=N–C) groups is 1. The molecule has 3 rings (SSSR count). The lowest BCUT2D eigenvalue weighted by Crippen LogP contribution is -2.41. The molecule has 0 spiro atoms. The Labute approximate surface area is 127 Å².